The SMILES string of the molecule is CC(C)(C)OC(=O)Nc1ccc(Oc2ccc3nnc(C(F)(F)F)n3n2)c(Cl)c1. The van der Waals surface area contributed by atoms with Gasteiger partial charge in [0.2, 0.25) is 5.88 Å². The molecule has 0 atom stereocenters. The van der Waals surface area contributed by atoms with Gasteiger partial charge in [-0.2, -0.15) is 17.7 Å². The van der Waals surface area contributed by atoms with E-state index in [1.165, 1.54) is 30.3 Å². The number of hydrogen-bond donors (Lipinski definition) is 1. The molecule has 12 heteroatoms. The number of rotatable bonds is 3. The van der Waals surface area contributed by atoms with Crippen LogP contribution in [0.4, 0.5) is 23.7 Å². The molecule has 0 spiro atoms. The highest BCUT2D eigenvalue weighted by atomic mass is 35.5. The number of anilines is 1. The van der Waals surface area contributed by atoms with Crippen LogP contribution in [0.2, 0.25) is 5.02 Å². The fourth-order valence-corrected chi connectivity index (χ4v) is 2.42. The van der Waals surface area contributed by atoms with E-state index >= 15 is 0 Å². The maximum absolute atomic E-state index is 13.0. The Kier molecular flexibility index (Phi) is 5.26. The van der Waals surface area contributed by atoms with Crippen molar-refractivity contribution in [3.05, 3.63) is 41.2 Å². The van der Waals surface area contributed by atoms with E-state index in [9.17, 15) is 18.0 Å². The number of hydrogen-bond acceptors (Lipinski definition) is 6. The number of nitrogens with zero attached hydrogens (tertiary/aromatic N) is 4. The second-order valence-corrected chi connectivity index (χ2v) is 7.24. The minimum absolute atomic E-state index is 0.0901. The molecule has 0 aliphatic rings. The number of carbonyl (C=O) groups excluding carboxylic acids is 1. The van der Waals surface area contributed by atoms with Crippen LogP contribution in [0.1, 0.15) is 26.6 Å². The maximum Gasteiger partial charge on any atom is 0.453 e. The molecule has 29 heavy (non-hydrogen) atoms. The molecule has 2 heterocycles. The minimum atomic E-state index is -4.72. The van der Waals surface area contributed by atoms with Crippen molar-refractivity contribution in [1.82, 2.24) is 19.8 Å². The summed E-state index contributed by atoms with van der Waals surface area (Å²) in [5, 5.41) is 12.9. The Morgan fingerprint density at radius 3 is 2.48 bits per heavy atom. The summed E-state index contributed by atoms with van der Waals surface area (Å²) >= 11 is 6.14. The molecule has 0 bridgehead atoms. The van der Waals surface area contributed by atoms with Gasteiger partial charge in [-0.1, -0.05) is 11.6 Å². The van der Waals surface area contributed by atoms with Gasteiger partial charge in [-0.25, -0.2) is 4.79 Å². The van der Waals surface area contributed by atoms with E-state index < -0.39 is 23.7 Å². The lowest BCUT2D eigenvalue weighted by molar-refractivity contribution is -0.146. The molecule has 1 aromatic carbocycles. The van der Waals surface area contributed by atoms with E-state index in [-0.39, 0.29) is 22.3 Å². The van der Waals surface area contributed by atoms with Crippen molar-refractivity contribution < 1.29 is 27.4 Å². The molecule has 0 aliphatic heterocycles. The van der Waals surface area contributed by atoms with Crippen molar-refractivity contribution in [3.8, 4) is 11.6 Å². The Balaban J connectivity index is 1.79. The van der Waals surface area contributed by atoms with Gasteiger partial charge in [0, 0.05) is 11.8 Å². The summed E-state index contributed by atoms with van der Waals surface area (Å²) in [5.74, 6) is -1.31. The lowest BCUT2D eigenvalue weighted by Crippen LogP contribution is -2.27. The monoisotopic (exact) mass is 429 g/mol. The molecule has 1 N–H and O–H groups in total. The third kappa shape index (κ3) is 5.05. The van der Waals surface area contributed by atoms with Crippen LogP contribution in [0.3, 0.4) is 0 Å². The van der Waals surface area contributed by atoms with Crippen molar-refractivity contribution >= 4 is 29.0 Å². The first-order chi connectivity index (χ1) is 13.4. The number of amides is 1. The zero-order valence-corrected chi connectivity index (χ0v) is 16.2. The van der Waals surface area contributed by atoms with Gasteiger partial charge < -0.3 is 9.47 Å². The molecule has 0 saturated heterocycles. The second kappa shape index (κ2) is 7.39. The molecule has 8 nitrogen and oxygen atoms in total. The van der Waals surface area contributed by atoms with E-state index in [2.05, 4.69) is 20.6 Å². The number of ether oxygens (including phenoxy) is 2. The normalized spacial score (nSPS) is 12.1. The van der Waals surface area contributed by atoms with Gasteiger partial charge in [0.15, 0.2) is 5.65 Å². The summed E-state index contributed by atoms with van der Waals surface area (Å²) in [7, 11) is 0. The first-order valence-electron chi connectivity index (χ1n) is 8.19. The average Bonchev–Trinajstić information content (AvgIpc) is 2.99. The van der Waals surface area contributed by atoms with E-state index in [0.717, 1.165) is 0 Å². The van der Waals surface area contributed by atoms with Crippen LogP contribution in [0.15, 0.2) is 30.3 Å². The van der Waals surface area contributed by atoms with E-state index in [4.69, 9.17) is 21.1 Å². The highest BCUT2D eigenvalue weighted by molar-refractivity contribution is 6.32. The third-order valence-corrected chi connectivity index (χ3v) is 3.58. The van der Waals surface area contributed by atoms with Crippen molar-refractivity contribution in [2.75, 3.05) is 5.32 Å². The van der Waals surface area contributed by atoms with Crippen molar-refractivity contribution in [1.29, 1.82) is 0 Å². The molecule has 3 aromatic rings. The molecule has 0 radical (unpaired) electrons. The van der Waals surface area contributed by atoms with Crippen LogP contribution in [-0.2, 0) is 10.9 Å². The fourth-order valence-electron chi connectivity index (χ4n) is 2.20. The Morgan fingerprint density at radius 2 is 1.86 bits per heavy atom. The number of aromatic nitrogens is 4. The van der Waals surface area contributed by atoms with E-state index in [1.54, 1.807) is 20.8 Å². The topological polar surface area (TPSA) is 90.6 Å². The lowest BCUT2D eigenvalue weighted by atomic mass is 10.2. The van der Waals surface area contributed by atoms with Gasteiger partial charge in [0.25, 0.3) is 5.82 Å². The number of nitrogens with one attached hydrogen (secondary N) is 1. The first kappa shape index (κ1) is 20.6. The lowest BCUT2D eigenvalue weighted by Gasteiger charge is -2.19. The van der Waals surface area contributed by atoms with Crippen LogP contribution in [0.25, 0.3) is 5.65 Å². The summed E-state index contributed by atoms with van der Waals surface area (Å²) < 4.78 is 50.0. The molecule has 1 amide bonds. The second-order valence-electron chi connectivity index (χ2n) is 6.84. The van der Waals surface area contributed by atoms with Gasteiger partial charge in [-0.15, -0.1) is 15.3 Å². The number of carbonyl (C=O) groups is 1. The number of alkyl halides is 3. The van der Waals surface area contributed by atoms with Crippen molar-refractivity contribution in [2.45, 2.75) is 32.5 Å². The summed E-state index contributed by atoms with van der Waals surface area (Å²) in [6.07, 6.45) is -5.39. The zero-order valence-electron chi connectivity index (χ0n) is 15.4. The van der Waals surface area contributed by atoms with Gasteiger partial charge in [0.1, 0.15) is 11.4 Å². The van der Waals surface area contributed by atoms with Gasteiger partial charge in [-0.05, 0) is 45.0 Å². The van der Waals surface area contributed by atoms with E-state index in [1.807, 2.05) is 0 Å². The first-order valence-corrected chi connectivity index (χ1v) is 8.57. The molecule has 3 rings (SSSR count). The number of fused-ring (bicyclic) bond motifs is 1. The van der Waals surface area contributed by atoms with Crippen LogP contribution < -0.4 is 10.1 Å². The predicted molar refractivity (Wildman–Crippen MR) is 97.2 cm³/mol. The Morgan fingerprint density at radius 1 is 1.14 bits per heavy atom. The highest BCUT2D eigenvalue weighted by Gasteiger charge is 2.37. The summed E-state index contributed by atoms with van der Waals surface area (Å²) in [6, 6.07) is 6.92. The van der Waals surface area contributed by atoms with Crippen LogP contribution in [0, 0.1) is 0 Å². The summed E-state index contributed by atoms with van der Waals surface area (Å²) in [4.78, 5) is 11.8. The van der Waals surface area contributed by atoms with Crippen LogP contribution >= 0.6 is 11.6 Å². The average molecular weight is 430 g/mol. The Bertz CT molecular complexity index is 1060. The molecular weight excluding hydrogens is 415 g/mol. The van der Waals surface area contributed by atoms with Crippen LogP contribution in [-0.4, -0.2) is 31.5 Å². The van der Waals surface area contributed by atoms with Gasteiger partial charge in [-0.3, -0.25) is 5.32 Å². The predicted octanol–water partition coefficient (Wildman–Crippen LogP) is 4.94. The Labute approximate surface area is 167 Å². The molecule has 0 unspecified atom stereocenters. The zero-order chi connectivity index (χ0) is 21.4. The standard InChI is InChI=1S/C17H15ClF3N5O3/c1-16(2,3)29-15(27)22-9-4-5-11(10(18)8-9)28-13-7-6-12-23-24-14(17(19,20)21)26(12)25-13/h4-8H,1-3H3,(H,22,27). The third-order valence-electron chi connectivity index (χ3n) is 3.28. The highest BCUT2D eigenvalue weighted by Crippen LogP contribution is 2.32. The largest absolute Gasteiger partial charge is 0.453 e. The Hall–Kier alpha value is -3.08. The minimum Gasteiger partial charge on any atom is -0.444 e. The van der Waals surface area contributed by atoms with Crippen LogP contribution in [0.5, 0.6) is 11.6 Å². The fraction of sp³-hybridized carbons (Fsp3) is 0.294. The molecule has 0 saturated carbocycles. The van der Waals surface area contributed by atoms with E-state index in [0.29, 0.717) is 10.2 Å². The number of halogens is 4. The van der Waals surface area contributed by atoms with Crippen molar-refractivity contribution in [2.24, 2.45) is 0 Å². The summed E-state index contributed by atoms with van der Waals surface area (Å²) in [5.41, 5.74) is -0.413. The molecule has 0 fully saturated rings. The van der Waals surface area contributed by atoms with Gasteiger partial charge >= 0.3 is 12.3 Å². The van der Waals surface area contributed by atoms with Gasteiger partial charge in [0.05, 0.1) is 5.02 Å². The molecular formula is C17H15ClF3N5O3. The smallest absolute Gasteiger partial charge is 0.444 e. The van der Waals surface area contributed by atoms with Crippen molar-refractivity contribution in [3.63, 3.8) is 0 Å². The maximum atomic E-state index is 13.0. The molecule has 2 aromatic heterocycles. The molecule has 154 valence electrons. The summed E-state index contributed by atoms with van der Waals surface area (Å²) in [6.45, 7) is 5.17. The quantitative estimate of drug-likeness (QED) is 0.634. The number of benzene rings is 1. The molecule has 0 aliphatic carbocycles.